The third-order valence-electron chi connectivity index (χ3n) is 3.16. The molecule has 0 radical (unpaired) electrons. The van der Waals surface area contributed by atoms with Crippen molar-refractivity contribution in [1.82, 2.24) is 9.78 Å². The fourth-order valence-corrected chi connectivity index (χ4v) is 2.41. The van der Waals surface area contributed by atoms with Crippen molar-refractivity contribution in [3.8, 4) is 0 Å². The van der Waals surface area contributed by atoms with Gasteiger partial charge >= 0.3 is 5.97 Å². The van der Waals surface area contributed by atoms with Gasteiger partial charge in [0.2, 0.25) is 0 Å². The van der Waals surface area contributed by atoms with E-state index in [4.69, 9.17) is 5.73 Å². The van der Waals surface area contributed by atoms with E-state index in [1.54, 1.807) is 17.9 Å². The smallest absolute Gasteiger partial charge is 0.314 e. The lowest BCUT2D eigenvalue weighted by Crippen LogP contribution is -2.54. The third-order valence-corrected chi connectivity index (χ3v) is 3.16. The molecule has 0 unspecified atom stereocenters. The average molecular weight is 209 g/mol. The Morgan fingerprint density at radius 3 is 2.67 bits per heavy atom. The molecule has 0 atom stereocenters. The number of carbonyl (C=O) groups is 1. The highest BCUT2D eigenvalue weighted by Gasteiger charge is 2.52. The Bertz CT molecular complexity index is 405. The minimum absolute atomic E-state index is 0.000654. The molecular formula is C10H15N3O2. The van der Waals surface area contributed by atoms with E-state index in [2.05, 4.69) is 5.10 Å². The summed E-state index contributed by atoms with van der Waals surface area (Å²) < 4.78 is 1.65. The van der Waals surface area contributed by atoms with Crippen LogP contribution < -0.4 is 5.73 Å². The maximum Gasteiger partial charge on any atom is 0.314 e. The van der Waals surface area contributed by atoms with Gasteiger partial charge in [-0.1, -0.05) is 0 Å². The van der Waals surface area contributed by atoms with Crippen LogP contribution in [0.4, 0.5) is 0 Å². The molecule has 15 heavy (non-hydrogen) atoms. The summed E-state index contributed by atoms with van der Waals surface area (Å²) in [4.78, 5) is 11.3. The molecule has 1 aromatic heterocycles. The third kappa shape index (κ3) is 1.34. The molecule has 0 bridgehead atoms. The first-order valence-electron chi connectivity index (χ1n) is 4.95. The van der Waals surface area contributed by atoms with E-state index in [9.17, 15) is 9.90 Å². The van der Waals surface area contributed by atoms with Crippen LogP contribution in [-0.4, -0.2) is 26.9 Å². The Balaban J connectivity index is 2.43. The quantitative estimate of drug-likeness (QED) is 0.727. The van der Waals surface area contributed by atoms with Crippen LogP contribution in [0.2, 0.25) is 0 Å². The van der Waals surface area contributed by atoms with Crippen LogP contribution in [-0.2, 0) is 17.3 Å². The molecule has 0 amide bonds. The first-order chi connectivity index (χ1) is 6.95. The number of nitrogens with zero attached hydrogens (tertiary/aromatic N) is 2. The van der Waals surface area contributed by atoms with Crippen LogP contribution >= 0.6 is 0 Å². The molecule has 5 heteroatoms. The van der Waals surface area contributed by atoms with E-state index in [-0.39, 0.29) is 6.04 Å². The molecule has 0 saturated heterocycles. The largest absolute Gasteiger partial charge is 0.481 e. The fraction of sp³-hybridized carbons (Fsp3) is 0.600. The molecule has 1 fully saturated rings. The maximum atomic E-state index is 11.3. The molecule has 3 N–H and O–H groups in total. The second-order valence-electron chi connectivity index (χ2n) is 4.36. The number of hydrogen-bond donors (Lipinski definition) is 2. The number of aliphatic carboxylic acids is 1. The Morgan fingerprint density at radius 1 is 1.73 bits per heavy atom. The normalized spacial score (nSPS) is 29.9. The summed E-state index contributed by atoms with van der Waals surface area (Å²) >= 11 is 0. The molecule has 1 aliphatic rings. The number of carboxylic acid groups (broad SMARTS) is 1. The van der Waals surface area contributed by atoms with Gasteiger partial charge in [0.1, 0.15) is 0 Å². The molecule has 1 aliphatic carbocycles. The summed E-state index contributed by atoms with van der Waals surface area (Å²) in [5.41, 5.74) is 6.49. The zero-order valence-corrected chi connectivity index (χ0v) is 8.90. The van der Waals surface area contributed by atoms with Gasteiger partial charge in [-0.2, -0.15) is 5.10 Å². The van der Waals surface area contributed by atoms with Crippen LogP contribution in [0.25, 0.3) is 0 Å². The van der Waals surface area contributed by atoms with Crippen molar-refractivity contribution >= 4 is 5.97 Å². The second kappa shape index (κ2) is 3.06. The summed E-state index contributed by atoms with van der Waals surface area (Å²) in [5.74, 6) is -0.791. The molecular weight excluding hydrogens is 194 g/mol. The van der Waals surface area contributed by atoms with Crippen molar-refractivity contribution in [2.75, 3.05) is 0 Å². The van der Waals surface area contributed by atoms with E-state index < -0.39 is 11.4 Å². The standard InChI is InChI=1S/C10H15N3O2/c1-6-8(5-13(2)12-6)10(9(14)15)3-7(11)4-10/h5,7H,3-4,11H2,1-2H3,(H,14,15). The molecule has 0 spiro atoms. The van der Waals surface area contributed by atoms with E-state index >= 15 is 0 Å². The van der Waals surface area contributed by atoms with Gasteiger partial charge in [0.25, 0.3) is 0 Å². The van der Waals surface area contributed by atoms with Gasteiger partial charge in [-0.25, -0.2) is 0 Å². The molecule has 5 nitrogen and oxygen atoms in total. The average Bonchev–Trinajstić information content (AvgIpc) is 2.39. The van der Waals surface area contributed by atoms with Crippen molar-refractivity contribution in [1.29, 1.82) is 0 Å². The van der Waals surface area contributed by atoms with Crippen LogP contribution in [0, 0.1) is 6.92 Å². The zero-order chi connectivity index (χ0) is 11.2. The molecule has 0 aliphatic heterocycles. The molecule has 2 rings (SSSR count). The number of aryl methyl sites for hydroxylation is 2. The van der Waals surface area contributed by atoms with Crippen molar-refractivity contribution in [3.63, 3.8) is 0 Å². The van der Waals surface area contributed by atoms with Gasteiger partial charge < -0.3 is 10.8 Å². The highest BCUT2D eigenvalue weighted by Crippen LogP contribution is 2.44. The van der Waals surface area contributed by atoms with E-state index in [0.29, 0.717) is 12.8 Å². The summed E-state index contributed by atoms with van der Waals surface area (Å²) in [6.45, 7) is 1.84. The summed E-state index contributed by atoms with van der Waals surface area (Å²) in [7, 11) is 1.80. The highest BCUT2D eigenvalue weighted by molar-refractivity contribution is 5.83. The van der Waals surface area contributed by atoms with Crippen LogP contribution in [0.3, 0.4) is 0 Å². The summed E-state index contributed by atoms with van der Waals surface area (Å²) in [6, 6.07) is 0.000654. The van der Waals surface area contributed by atoms with E-state index in [0.717, 1.165) is 11.3 Å². The fourth-order valence-electron chi connectivity index (χ4n) is 2.41. The van der Waals surface area contributed by atoms with Gasteiger partial charge in [-0.05, 0) is 19.8 Å². The van der Waals surface area contributed by atoms with Crippen LogP contribution in [0.1, 0.15) is 24.1 Å². The van der Waals surface area contributed by atoms with Crippen molar-refractivity contribution < 1.29 is 9.90 Å². The maximum absolute atomic E-state index is 11.3. The SMILES string of the molecule is Cc1nn(C)cc1C1(C(=O)O)CC(N)C1. The lowest BCUT2D eigenvalue weighted by Gasteiger charge is -2.42. The van der Waals surface area contributed by atoms with Crippen LogP contribution in [0.5, 0.6) is 0 Å². The Kier molecular flexibility index (Phi) is 2.08. The number of nitrogens with two attached hydrogens (primary N) is 1. The van der Waals surface area contributed by atoms with Crippen molar-refractivity contribution in [3.05, 3.63) is 17.5 Å². The van der Waals surface area contributed by atoms with E-state index in [1.807, 2.05) is 6.92 Å². The first-order valence-corrected chi connectivity index (χ1v) is 4.95. The lowest BCUT2D eigenvalue weighted by atomic mass is 9.62. The number of aromatic nitrogens is 2. The monoisotopic (exact) mass is 209 g/mol. The predicted molar refractivity (Wildman–Crippen MR) is 54.5 cm³/mol. The lowest BCUT2D eigenvalue weighted by molar-refractivity contribution is -0.148. The summed E-state index contributed by atoms with van der Waals surface area (Å²) in [5, 5.41) is 13.5. The van der Waals surface area contributed by atoms with Crippen molar-refractivity contribution in [2.24, 2.45) is 12.8 Å². The molecule has 1 saturated carbocycles. The topological polar surface area (TPSA) is 81.1 Å². The van der Waals surface area contributed by atoms with Crippen molar-refractivity contribution in [2.45, 2.75) is 31.2 Å². The van der Waals surface area contributed by atoms with Gasteiger partial charge in [0.05, 0.1) is 11.1 Å². The second-order valence-corrected chi connectivity index (χ2v) is 4.36. The Hall–Kier alpha value is -1.36. The number of rotatable bonds is 2. The number of hydrogen-bond acceptors (Lipinski definition) is 3. The van der Waals surface area contributed by atoms with E-state index in [1.165, 1.54) is 0 Å². The molecule has 1 aromatic rings. The highest BCUT2D eigenvalue weighted by atomic mass is 16.4. The Labute approximate surface area is 87.9 Å². The Morgan fingerprint density at radius 2 is 2.33 bits per heavy atom. The van der Waals surface area contributed by atoms with Gasteiger partial charge in [0.15, 0.2) is 0 Å². The molecule has 0 aromatic carbocycles. The van der Waals surface area contributed by atoms with Gasteiger partial charge in [-0.3, -0.25) is 9.48 Å². The first kappa shape index (κ1) is 10.2. The summed E-state index contributed by atoms with van der Waals surface area (Å²) in [6.07, 6.45) is 2.80. The zero-order valence-electron chi connectivity index (χ0n) is 8.90. The molecule has 1 heterocycles. The van der Waals surface area contributed by atoms with Crippen LogP contribution in [0.15, 0.2) is 6.20 Å². The van der Waals surface area contributed by atoms with Gasteiger partial charge in [0, 0.05) is 24.8 Å². The molecule has 82 valence electrons. The van der Waals surface area contributed by atoms with Gasteiger partial charge in [-0.15, -0.1) is 0 Å². The minimum Gasteiger partial charge on any atom is -0.481 e. The minimum atomic E-state index is -0.794. The number of carboxylic acids is 1. The predicted octanol–water partition coefficient (Wildman–Crippen LogP) is 0.172.